The van der Waals surface area contributed by atoms with Crippen molar-refractivity contribution in [1.29, 1.82) is 0 Å². The highest BCUT2D eigenvalue weighted by Crippen LogP contribution is 2.22. The first-order valence-electron chi connectivity index (χ1n) is 5.73. The maximum absolute atomic E-state index is 11.9. The Morgan fingerprint density at radius 3 is 2.78 bits per heavy atom. The molecule has 18 heavy (non-hydrogen) atoms. The van der Waals surface area contributed by atoms with Crippen molar-refractivity contribution in [3.8, 4) is 0 Å². The summed E-state index contributed by atoms with van der Waals surface area (Å²) in [6.07, 6.45) is 0.423. The van der Waals surface area contributed by atoms with Crippen molar-refractivity contribution in [1.82, 2.24) is 5.32 Å². The van der Waals surface area contributed by atoms with Crippen LogP contribution in [0.15, 0.2) is 41.8 Å². The molecule has 1 amide bonds. The first-order chi connectivity index (χ1) is 8.66. The van der Waals surface area contributed by atoms with E-state index in [1.165, 1.54) is 0 Å². The molecule has 1 aromatic carbocycles. The third-order valence-corrected chi connectivity index (χ3v) is 3.88. The van der Waals surface area contributed by atoms with Crippen LogP contribution in [0, 0.1) is 0 Å². The van der Waals surface area contributed by atoms with Gasteiger partial charge in [0.05, 0.1) is 12.5 Å². The summed E-state index contributed by atoms with van der Waals surface area (Å²) in [4.78, 5) is 12.9. The number of carbonyl (C=O) groups excluding carboxylic acids is 1. The van der Waals surface area contributed by atoms with Gasteiger partial charge in [0.15, 0.2) is 0 Å². The highest BCUT2D eigenvalue weighted by Gasteiger charge is 2.12. The molecule has 1 heterocycles. The van der Waals surface area contributed by atoms with E-state index in [0.29, 0.717) is 11.4 Å². The van der Waals surface area contributed by atoms with Crippen LogP contribution in [0.4, 0.5) is 0 Å². The molecular weight excluding hydrogens is 266 g/mol. The van der Waals surface area contributed by atoms with Crippen molar-refractivity contribution in [2.45, 2.75) is 19.4 Å². The SMILES string of the molecule is CC(NC(=O)Cc1cccs1)c1ccccc1Cl. The van der Waals surface area contributed by atoms with Crippen LogP contribution in [0.2, 0.25) is 5.02 Å². The fourth-order valence-electron chi connectivity index (χ4n) is 1.77. The summed E-state index contributed by atoms with van der Waals surface area (Å²) in [5.74, 6) is 0.0184. The van der Waals surface area contributed by atoms with E-state index in [1.807, 2.05) is 48.7 Å². The average Bonchev–Trinajstić information content (AvgIpc) is 2.82. The Morgan fingerprint density at radius 1 is 1.33 bits per heavy atom. The molecule has 0 aliphatic carbocycles. The molecule has 0 aliphatic heterocycles. The zero-order valence-electron chi connectivity index (χ0n) is 10.0. The van der Waals surface area contributed by atoms with Crippen LogP contribution in [-0.2, 0) is 11.2 Å². The minimum absolute atomic E-state index is 0.0184. The molecule has 1 atom stereocenters. The van der Waals surface area contributed by atoms with Crippen molar-refractivity contribution >= 4 is 28.8 Å². The second-order valence-electron chi connectivity index (χ2n) is 4.07. The first kappa shape index (κ1) is 13.1. The molecule has 1 unspecified atom stereocenters. The maximum Gasteiger partial charge on any atom is 0.225 e. The predicted octanol–water partition coefficient (Wildman–Crippen LogP) is 3.82. The van der Waals surface area contributed by atoms with Crippen LogP contribution in [0.3, 0.4) is 0 Å². The van der Waals surface area contributed by atoms with E-state index in [4.69, 9.17) is 11.6 Å². The number of hydrogen-bond donors (Lipinski definition) is 1. The number of amides is 1. The molecule has 0 fully saturated rings. The monoisotopic (exact) mass is 279 g/mol. The molecule has 94 valence electrons. The number of thiophene rings is 1. The Labute approximate surface area is 116 Å². The molecule has 0 spiro atoms. The number of rotatable bonds is 4. The van der Waals surface area contributed by atoms with E-state index < -0.39 is 0 Å². The van der Waals surface area contributed by atoms with Gasteiger partial charge in [0.1, 0.15) is 0 Å². The number of halogens is 1. The number of hydrogen-bond acceptors (Lipinski definition) is 2. The Hall–Kier alpha value is -1.32. The average molecular weight is 280 g/mol. The van der Waals surface area contributed by atoms with Gasteiger partial charge >= 0.3 is 0 Å². The molecule has 0 saturated carbocycles. The zero-order chi connectivity index (χ0) is 13.0. The minimum Gasteiger partial charge on any atom is -0.349 e. The molecule has 0 bridgehead atoms. The lowest BCUT2D eigenvalue weighted by atomic mass is 10.1. The van der Waals surface area contributed by atoms with Gasteiger partial charge in [0.25, 0.3) is 0 Å². The van der Waals surface area contributed by atoms with Crippen molar-refractivity contribution in [2.24, 2.45) is 0 Å². The number of nitrogens with one attached hydrogen (secondary N) is 1. The highest BCUT2D eigenvalue weighted by molar-refractivity contribution is 7.10. The largest absolute Gasteiger partial charge is 0.349 e. The molecule has 1 aromatic heterocycles. The number of benzene rings is 1. The van der Waals surface area contributed by atoms with Crippen LogP contribution in [0.1, 0.15) is 23.4 Å². The third kappa shape index (κ3) is 3.34. The molecule has 0 aliphatic rings. The fourth-order valence-corrected chi connectivity index (χ4v) is 2.77. The minimum atomic E-state index is -0.0776. The predicted molar refractivity (Wildman–Crippen MR) is 76.0 cm³/mol. The van der Waals surface area contributed by atoms with Gasteiger partial charge in [-0.25, -0.2) is 0 Å². The van der Waals surface area contributed by atoms with Gasteiger partial charge in [-0.2, -0.15) is 0 Å². The van der Waals surface area contributed by atoms with E-state index in [0.717, 1.165) is 10.4 Å². The van der Waals surface area contributed by atoms with Crippen LogP contribution in [-0.4, -0.2) is 5.91 Å². The van der Waals surface area contributed by atoms with E-state index in [9.17, 15) is 4.79 Å². The highest BCUT2D eigenvalue weighted by atomic mass is 35.5. The summed E-state index contributed by atoms with van der Waals surface area (Å²) in [7, 11) is 0. The Morgan fingerprint density at radius 2 is 2.11 bits per heavy atom. The Balaban J connectivity index is 1.97. The quantitative estimate of drug-likeness (QED) is 0.906. The summed E-state index contributed by atoms with van der Waals surface area (Å²) >= 11 is 7.69. The Kier molecular flexibility index (Phi) is 4.39. The molecule has 0 saturated heterocycles. The lowest BCUT2D eigenvalue weighted by molar-refractivity contribution is -0.121. The van der Waals surface area contributed by atoms with Crippen molar-refractivity contribution < 1.29 is 4.79 Å². The van der Waals surface area contributed by atoms with Crippen LogP contribution >= 0.6 is 22.9 Å². The lowest BCUT2D eigenvalue weighted by Gasteiger charge is -2.15. The van der Waals surface area contributed by atoms with E-state index >= 15 is 0 Å². The second-order valence-corrected chi connectivity index (χ2v) is 5.51. The zero-order valence-corrected chi connectivity index (χ0v) is 11.6. The van der Waals surface area contributed by atoms with Crippen LogP contribution in [0.25, 0.3) is 0 Å². The standard InChI is InChI=1S/C14H14ClNOS/c1-10(12-6-2-3-7-13(12)15)16-14(17)9-11-5-4-8-18-11/h2-8,10H,9H2,1H3,(H,16,17). The van der Waals surface area contributed by atoms with E-state index in [2.05, 4.69) is 5.32 Å². The molecule has 4 heteroatoms. The molecule has 2 aromatic rings. The molecular formula is C14H14ClNOS. The summed E-state index contributed by atoms with van der Waals surface area (Å²) in [5.41, 5.74) is 0.943. The van der Waals surface area contributed by atoms with Crippen LogP contribution in [0.5, 0.6) is 0 Å². The van der Waals surface area contributed by atoms with Gasteiger partial charge in [-0.05, 0) is 30.0 Å². The topological polar surface area (TPSA) is 29.1 Å². The van der Waals surface area contributed by atoms with E-state index in [-0.39, 0.29) is 11.9 Å². The van der Waals surface area contributed by atoms with E-state index in [1.54, 1.807) is 11.3 Å². The van der Waals surface area contributed by atoms with Gasteiger partial charge in [-0.1, -0.05) is 35.9 Å². The van der Waals surface area contributed by atoms with Crippen molar-refractivity contribution in [2.75, 3.05) is 0 Å². The molecule has 2 rings (SSSR count). The number of carbonyl (C=O) groups is 1. The van der Waals surface area contributed by atoms with Gasteiger partial charge in [-0.3, -0.25) is 4.79 Å². The summed E-state index contributed by atoms with van der Waals surface area (Å²) < 4.78 is 0. The second kappa shape index (κ2) is 6.03. The molecule has 1 N–H and O–H groups in total. The third-order valence-electron chi connectivity index (χ3n) is 2.66. The summed E-state index contributed by atoms with van der Waals surface area (Å²) in [6, 6.07) is 11.4. The lowest BCUT2D eigenvalue weighted by Crippen LogP contribution is -2.28. The van der Waals surface area contributed by atoms with Crippen molar-refractivity contribution in [3.63, 3.8) is 0 Å². The van der Waals surface area contributed by atoms with Crippen molar-refractivity contribution in [3.05, 3.63) is 57.2 Å². The van der Waals surface area contributed by atoms with Gasteiger partial charge < -0.3 is 5.32 Å². The van der Waals surface area contributed by atoms with Gasteiger partial charge in [0.2, 0.25) is 5.91 Å². The fraction of sp³-hybridized carbons (Fsp3) is 0.214. The summed E-state index contributed by atoms with van der Waals surface area (Å²) in [6.45, 7) is 1.94. The van der Waals surface area contributed by atoms with Crippen LogP contribution < -0.4 is 5.32 Å². The molecule has 0 radical (unpaired) electrons. The Bertz CT molecular complexity index is 524. The normalized spacial score (nSPS) is 12.1. The van der Waals surface area contributed by atoms with Gasteiger partial charge in [-0.15, -0.1) is 11.3 Å². The van der Waals surface area contributed by atoms with Gasteiger partial charge in [0, 0.05) is 9.90 Å². The maximum atomic E-state index is 11.9. The summed E-state index contributed by atoms with van der Waals surface area (Å²) in [5, 5.41) is 5.61. The smallest absolute Gasteiger partial charge is 0.225 e. The molecule has 2 nitrogen and oxygen atoms in total. The first-order valence-corrected chi connectivity index (χ1v) is 6.99.